The van der Waals surface area contributed by atoms with Gasteiger partial charge in [0.15, 0.2) is 5.13 Å². The Hall–Kier alpha value is -2.69. The van der Waals surface area contributed by atoms with Gasteiger partial charge in [-0.15, -0.1) is 11.3 Å². The van der Waals surface area contributed by atoms with Crippen LogP contribution in [0.3, 0.4) is 0 Å². The maximum atomic E-state index is 12.4. The van der Waals surface area contributed by atoms with Crippen molar-refractivity contribution in [3.63, 3.8) is 0 Å². The topological polar surface area (TPSA) is 83.6 Å². The van der Waals surface area contributed by atoms with Gasteiger partial charge in [-0.05, 0) is 43.9 Å². The molecular formula is C22H24ClN5OS. The van der Waals surface area contributed by atoms with Crippen LogP contribution < -0.4 is 5.32 Å². The zero-order valence-corrected chi connectivity index (χ0v) is 18.9. The summed E-state index contributed by atoms with van der Waals surface area (Å²) in [5, 5.41) is 17.5. The minimum absolute atomic E-state index is 0.0759. The maximum Gasteiger partial charge on any atom is 0.226 e. The van der Waals surface area contributed by atoms with Crippen LogP contribution in [0.15, 0.2) is 24.4 Å². The molecule has 1 N–H and O–H groups in total. The smallest absolute Gasteiger partial charge is 0.226 e. The van der Waals surface area contributed by atoms with Crippen molar-refractivity contribution in [3.05, 3.63) is 62.4 Å². The number of aryl methyl sites for hydroxylation is 3. The highest BCUT2D eigenvalue weighted by atomic mass is 35.5. The average molecular weight is 442 g/mol. The minimum Gasteiger partial charge on any atom is -0.302 e. The number of carbonyl (C=O) groups excluding carboxylic acids is 1. The second-order valence-corrected chi connectivity index (χ2v) is 8.68. The maximum absolute atomic E-state index is 12.4. The molecule has 0 aliphatic rings. The third-order valence-electron chi connectivity index (χ3n) is 5.01. The zero-order valence-electron chi connectivity index (χ0n) is 17.3. The number of aromatic nitrogens is 3. The van der Waals surface area contributed by atoms with Crippen LogP contribution in [0, 0.1) is 32.1 Å². The van der Waals surface area contributed by atoms with Gasteiger partial charge < -0.3 is 5.32 Å². The molecule has 0 fully saturated rings. The first-order chi connectivity index (χ1) is 14.4. The van der Waals surface area contributed by atoms with Crippen molar-refractivity contribution in [2.45, 2.75) is 53.0 Å². The number of thiazole rings is 1. The Kier molecular flexibility index (Phi) is 7.24. The summed E-state index contributed by atoms with van der Waals surface area (Å²) in [7, 11) is 0. The molecule has 156 valence electrons. The lowest BCUT2D eigenvalue weighted by Gasteiger charge is -2.05. The molecule has 0 atom stereocenters. The van der Waals surface area contributed by atoms with Crippen LogP contribution in [-0.4, -0.2) is 20.7 Å². The van der Waals surface area contributed by atoms with Crippen LogP contribution in [0.25, 0.3) is 0 Å². The first-order valence-corrected chi connectivity index (χ1v) is 11.0. The van der Waals surface area contributed by atoms with Gasteiger partial charge in [-0.1, -0.05) is 29.8 Å². The molecule has 8 heteroatoms. The van der Waals surface area contributed by atoms with Gasteiger partial charge in [-0.3, -0.25) is 9.48 Å². The van der Waals surface area contributed by atoms with Gasteiger partial charge in [0.2, 0.25) is 5.91 Å². The number of carbonyl (C=O) groups is 1. The standard InChI is InChI=1S/C22H24ClN5OS/c1-14-6-4-7-17(21(14)23)12-18-13-25-22(30-18)26-20(29)9-8-19-15(2)27-28(16(19)3)11-5-10-24/h4,6-7,13H,5,8-9,11-12H2,1-3H3,(H,25,26,29). The molecular weight excluding hydrogens is 418 g/mol. The number of hydrogen-bond donors (Lipinski definition) is 1. The van der Waals surface area contributed by atoms with Crippen LogP contribution in [0.2, 0.25) is 5.02 Å². The molecule has 6 nitrogen and oxygen atoms in total. The molecule has 0 saturated heterocycles. The van der Waals surface area contributed by atoms with Gasteiger partial charge in [0.05, 0.1) is 24.7 Å². The van der Waals surface area contributed by atoms with E-state index < -0.39 is 0 Å². The van der Waals surface area contributed by atoms with Crippen molar-refractivity contribution in [2.24, 2.45) is 0 Å². The second-order valence-electron chi connectivity index (χ2n) is 7.19. The van der Waals surface area contributed by atoms with Gasteiger partial charge in [0.1, 0.15) is 0 Å². The van der Waals surface area contributed by atoms with E-state index in [2.05, 4.69) is 21.5 Å². The summed E-state index contributed by atoms with van der Waals surface area (Å²) in [5.74, 6) is -0.0759. The molecule has 0 saturated carbocycles. The summed E-state index contributed by atoms with van der Waals surface area (Å²) in [6.45, 7) is 6.48. The number of halogens is 1. The summed E-state index contributed by atoms with van der Waals surface area (Å²) < 4.78 is 1.84. The summed E-state index contributed by atoms with van der Waals surface area (Å²) >= 11 is 7.84. The summed E-state index contributed by atoms with van der Waals surface area (Å²) in [6.07, 6.45) is 3.85. The van der Waals surface area contributed by atoms with Gasteiger partial charge in [0, 0.05) is 34.6 Å². The summed E-state index contributed by atoms with van der Waals surface area (Å²) in [5.41, 5.74) is 5.09. The lowest BCUT2D eigenvalue weighted by Crippen LogP contribution is -2.12. The highest BCUT2D eigenvalue weighted by Crippen LogP contribution is 2.27. The Morgan fingerprint density at radius 3 is 2.90 bits per heavy atom. The van der Waals surface area contributed by atoms with E-state index in [1.165, 1.54) is 11.3 Å². The molecule has 30 heavy (non-hydrogen) atoms. The van der Waals surface area contributed by atoms with Crippen molar-refractivity contribution in [3.8, 4) is 6.07 Å². The number of nitrogens with one attached hydrogen (secondary N) is 1. The normalized spacial score (nSPS) is 10.8. The van der Waals surface area contributed by atoms with Crippen molar-refractivity contribution in [1.29, 1.82) is 5.26 Å². The average Bonchev–Trinajstić information content (AvgIpc) is 3.25. The van der Waals surface area contributed by atoms with Crippen molar-refractivity contribution in [2.75, 3.05) is 5.32 Å². The first kappa shape index (κ1) is 22.0. The molecule has 0 radical (unpaired) electrons. The number of amides is 1. The molecule has 0 bridgehead atoms. The van der Waals surface area contributed by atoms with E-state index in [-0.39, 0.29) is 5.91 Å². The lowest BCUT2D eigenvalue weighted by molar-refractivity contribution is -0.116. The lowest BCUT2D eigenvalue weighted by atomic mass is 10.1. The van der Waals surface area contributed by atoms with Crippen molar-refractivity contribution in [1.82, 2.24) is 14.8 Å². The third-order valence-corrected chi connectivity index (χ3v) is 6.46. The predicted molar refractivity (Wildman–Crippen MR) is 120 cm³/mol. The number of nitriles is 1. The van der Waals surface area contributed by atoms with E-state index in [0.29, 0.717) is 37.4 Å². The Morgan fingerprint density at radius 2 is 2.13 bits per heavy atom. The molecule has 0 spiro atoms. The monoisotopic (exact) mass is 441 g/mol. The number of nitrogens with zero attached hydrogens (tertiary/aromatic N) is 4. The Bertz CT molecular complexity index is 1100. The minimum atomic E-state index is -0.0759. The van der Waals surface area contributed by atoms with E-state index >= 15 is 0 Å². The summed E-state index contributed by atoms with van der Waals surface area (Å²) in [4.78, 5) is 17.8. The van der Waals surface area contributed by atoms with E-state index in [1.54, 1.807) is 6.20 Å². The molecule has 2 aromatic heterocycles. The molecule has 3 aromatic rings. The van der Waals surface area contributed by atoms with Crippen molar-refractivity contribution < 1.29 is 4.79 Å². The number of anilines is 1. The Morgan fingerprint density at radius 1 is 1.33 bits per heavy atom. The summed E-state index contributed by atoms with van der Waals surface area (Å²) in [6, 6.07) is 8.12. The Labute approximate surface area is 185 Å². The second kappa shape index (κ2) is 9.88. The predicted octanol–water partition coefficient (Wildman–Crippen LogP) is 4.99. The van der Waals surface area contributed by atoms with Crippen LogP contribution in [-0.2, 0) is 24.2 Å². The van der Waals surface area contributed by atoms with Gasteiger partial charge in [-0.25, -0.2) is 4.98 Å². The number of hydrogen-bond acceptors (Lipinski definition) is 5. The molecule has 0 aliphatic carbocycles. The molecule has 1 amide bonds. The molecule has 2 heterocycles. The third kappa shape index (κ3) is 5.26. The van der Waals surface area contributed by atoms with Crippen LogP contribution in [0.1, 0.15) is 45.8 Å². The highest BCUT2D eigenvalue weighted by Gasteiger charge is 2.14. The fourth-order valence-corrected chi connectivity index (χ4v) is 4.41. The quantitative estimate of drug-likeness (QED) is 0.533. The van der Waals surface area contributed by atoms with Crippen LogP contribution in [0.5, 0.6) is 0 Å². The number of rotatable bonds is 8. The first-order valence-electron chi connectivity index (χ1n) is 9.77. The van der Waals surface area contributed by atoms with Crippen LogP contribution in [0.4, 0.5) is 5.13 Å². The highest BCUT2D eigenvalue weighted by molar-refractivity contribution is 7.15. The zero-order chi connectivity index (χ0) is 21.7. The van der Waals surface area contributed by atoms with Gasteiger partial charge >= 0.3 is 0 Å². The Balaban J connectivity index is 1.57. The van der Waals surface area contributed by atoms with E-state index in [0.717, 1.165) is 38.0 Å². The molecule has 1 aromatic carbocycles. The fourth-order valence-electron chi connectivity index (χ4n) is 3.37. The largest absolute Gasteiger partial charge is 0.302 e. The molecule has 0 unspecified atom stereocenters. The van der Waals surface area contributed by atoms with E-state index in [9.17, 15) is 4.79 Å². The van der Waals surface area contributed by atoms with Gasteiger partial charge in [-0.2, -0.15) is 10.4 Å². The van der Waals surface area contributed by atoms with Crippen LogP contribution >= 0.6 is 22.9 Å². The molecule has 0 aliphatic heterocycles. The SMILES string of the molecule is Cc1cccc(Cc2cnc(NC(=O)CCc3c(C)nn(CCC#N)c3C)s2)c1Cl. The van der Waals surface area contributed by atoms with Gasteiger partial charge in [0.25, 0.3) is 0 Å². The van der Waals surface area contributed by atoms with Crippen molar-refractivity contribution >= 4 is 34.0 Å². The molecule has 3 rings (SSSR count). The fraction of sp³-hybridized carbons (Fsp3) is 0.364. The van der Waals surface area contributed by atoms with E-state index in [1.807, 2.05) is 43.7 Å². The number of benzene rings is 1. The van der Waals surface area contributed by atoms with E-state index in [4.69, 9.17) is 16.9 Å².